The molecule has 134 valence electrons. The first-order valence-electron chi connectivity index (χ1n) is 7.85. The first-order chi connectivity index (χ1) is 11.5. The number of benzene rings is 1. The van der Waals surface area contributed by atoms with Gasteiger partial charge in [0.15, 0.2) is 5.75 Å². The summed E-state index contributed by atoms with van der Waals surface area (Å²) < 4.78 is 5.69. The predicted octanol–water partition coefficient (Wildman–Crippen LogP) is 4.68. The fourth-order valence-corrected chi connectivity index (χ4v) is 3.53. The number of halogens is 1. The molecular weight excluding hydrogens is 388 g/mol. The van der Waals surface area contributed by atoms with Crippen LogP contribution in [0.2, 0.25) is 0 Å². The topological polar surface area (TPSA) is 83.8 Å². The molecule has 1 aromatic carbocycles. The monoisotopic (exact) mass is 408 g/mol. The second kappa shape index (κ2) is 6.67. The van der Waals surface area contributed by atoms with Crippen molar-refractivity contribution in [1.29, 1.82) is 0 Å². The molecule has 0 aromatic heterocycles. The molecule has 1 aliphatic carbocycles. The summed E-state index contributed by atoms with van der Waals surface area (Å²) in [7, 11) is 0. The summed E-state index contributed by atoms with van der Waals surface area (Å²) in [4.78, 5) is 24.3. The van der Waals surface area contributed by atoms with Gasteiger partial charge in [-0.1, -0.05) is 23.3 Å². The van der Waals surface area contributed by atoms with E-state index in [-0.39, 0.29) is 15.8 Å². The Kier molecular flexibility index (Phi) is 5.14. The van der Waals surface area contributed by atoms with Gasteiger partial charge in [0.05, 0.1) is 0 Å². The van der Waals surface area contributed by atoms with Gasteiger partial charge in [-0.2, -0.15) is 0 Å². The van der Waals surface area contributed by atoms with Crippen LogP contribution in [0.25, 0.3) is 0 Å². The van der Waals surface area contributed by atoms with Crippen LogP contribution in [-0.2, 0) is 4.79 Å². The van der Waals surface area contributed by atoms with Gasteiger partial charge in [-0.3, -0.25) is 4.79 Å². The van der Waals surface area contributed by atoms with Crippen LogP contribution < -0.4 is 4.74 Å². The minimum absolute atomic E-state index is 0.0593. The maximum absolute atomic E-state index is 12.9. The second-order valence-electron chi connectivity index (χ2n) is 6.45. The van der Waals surface area contributed by atoms with Crippen LogP contribution in [0.15, 0.2) is 27.8 Å². The number of phenols is 1. The molecule has 0 atom stereocenters. The van der Waals surface area contributed by atoms with Crippen molar-refractivity contribution in [2.45, 2.75) is 41.0 Å². The van der Waals surface area contributed by atoms with Crippen molar-refractivity contribution < 1.29 is 24.5 Å². The van der Waals surface area contributed by atoms with Gasteiger partial charge < -0.3 is 14.9 Å². The van der Waals surface area contributed by atoms with E-state index in [9.17, 15) is 19.8 Å². The number of carbonyl (C=O) groups is 2. The van der Waals surface area contributed by atoms with Gasteiger partial charge in [0.2, 0.25) is 0 Å². The number of rotatable bonds is 3. The van der Waals surface area contributed by atoms with Gasteiger partial charge in [-0.05, 0) is 68.1 Å². The molecule has 0 radical (unpaired) electrons. The number of aromatic hydroxyl groups is 1. The minimum atomic E-state index is -1.24. The highest BCUT2D eigenvalue weighted by Gasteiger charge is 2.40. The Morgan fingerprint density at radius 1 is 1.12 bits per heavy atom. The van der Waals surface area contributed by atoms with Gasteiger partial charge in [-0.15, -0.1) is 0 Å². The molecule has 0 unspecified atom stereocenters. The highest BCUT2D eigenvalue weighted by Crippen LogP contribution is 2.45. The third-order valence-corrected chi connectivity index (χ3v) is 5.90. The molecule has 0 bridgehead atoms. The van der Waals surface area contributed by atoms with Crippen LogP contribution in [0.3, 0.4) is 0 Å². The third kappa shape index (κ3) is 2.99. The van der Waals surface area contributed by atoms with Crippen LogP contribution >= 0.6 is 15.9 Å². The number of hydrogen-bond acceptors (Lipinski definition) is 4. The summed E-state index contributed by atoms with van der Waals surface area (Å²) >= 11 is 3.16. The van der Waals surface area contributed by atoms with Crippen molar-refractivity contribution in [2.75, 3.05) is 0 Å². The molecule has 0 spiro atoms. The molecule has 6 heteroatoms. The normalized spacial score (nSPS) is 16.1. The van der Waals surface area contributed by atoms with E-state index in [2.05, 4.69) is 15.9 Å². The van der Waals surface area contributed by atoms with E-state index in [4.69, 9.17) is 4.74 Å². The lowest BCUT2D eigenvalue weighted by Crippen LogP contribution is -2.35. The van der Waals surface area contributed by atoms with Crippen LogP contribution in [0.4, 0.5) is 0 Å². The van der Waals surface area contributed by atoms with Crippen LogP contribution in [0.1, 0.15) is 48.7 Å². The van der Waals surface area contributed by atoms with Crippen molar-refractivity contribution in [3.63, 3.8) is 0 Å². The minimum Gasteiger partial charge on any atom is -0.506 e. The Morgan fingerprint density at radius 2 is 1.64 bits per heavy atom. The second-order valence-corrected chi connectivity index (χ2v) is 7.24. The first-order valence-corrected chi connectivity index (χ1v) is 8.64. The quantitative estimate of drug-likeness (QED) is 0.430. The van der Waals surface area contributed by atoms with Crippen LogP contribution in [0, 0.1) is 19.3 Å². The zero-order chi connectivity index (χ0) is 19.1. The van der Waals surface area contributed by atoms with E-state index in [0.717, 1.165) is 17.6 Å². The molecule has 25 heavy (non-hydrogen) atoms. The molecule has 1 aliphatic rings. The smallest absolute Gasteiger partial charge is 0.339 e. The fourth-order valence-electron chi connectivity index (χ4n) is 2.95. The average Bonchev–Trinajstić information content (AvgIpc) is 2.54. The van der Waals surface area contributed by atoms with E-state index in [1.165, 1.54) is 0 Å². The van der Waals surface area contributed by atoms with Crippen molar-refractivity contribution in [3.8, 4) is 11.5 Å². The fraction of sp³-hybridized carbons (Fsp3) is 0.368. The largest absolute Gasteiger partial charge is 0.506 e. The lowest BCUT2D eigenvalue weighted by molar-refractivity contribution is -0.141. The van der Waals surface area contributed by atoms with Crippen molar-refractivity contribution in [2.24, 2.45) is 5.41 Å². The number of carboxylic acid groups (broad SMARTS) is 1. The average molecular weight is 409 g/mol. The Bertz CT molecular complexity index is 786. The molecule has 0 amide bonds. The SMILES string of the molecule is CC1=CCC=C(C)C1(C)C(=O)Oc1c(C)c(C)c(C(=O)O)c(O)c1Br. The van der Waals surface area contributed by atoms with Crippen LogP contribution in [-0.4, -0.2) is 22.2 Å². The maximum Gasteiger partial charge on any atom is 0.339 e. The summed E-state index contributed by atoms with van der Waals surface area (Å²) in [5.41, 5.74) is 1.53. The molecule has 1 aromatic rings. The number of allylic oxidation sites excluding steroid dienone is 2. The molecule has 2 N–H and O–H groups in total. The molecule has 0 heterocycles. The number of carbonyl (C=O) groups excluding carboxylic acids is 1. The Balaban J connectivity index is 2.53. The summed E-state index contributed by atoms with van der Waals surface area (Å²) in [6.07, 6.45) is 4.73. The number of ether oxygens (including phenoxy) is 1. The van der Waals surface area contributed by atoms with Crippen LogP contribution in [0.5, 0.6) is 11.5 Å². The molecule has 0 aliphatic heterocycles. The molecule has 0 saturated carbocycles. The van der Waals surface area contributed by atoms with E-state index >= 15 is 0 Å². The summed E-state index contributed by atoms with van der Waals surface area (Å²) in [6, 6.07) is 0. The number of carboxylic acids is 1. The number of aromatic carboxylic acids is 1. The summed E-state index contributed by atoms with van der Waals surface area (Å²) in [5.74, 6) is -2.03. The zero-order valence-electron chi connectivity index (χ0n) is 14.9. The summed E-state index contributed by atoms with van der Waals surface area (Å²) in [6.45, 7) is 8.80. The Morgan fingerprint density at radius 3 is 2.12 bits per heavy atom. The highest BCUT2D eigenvalue weighted by molar-refractivity contribution is 9.10. The zero-order valence-corrected chi connectivity index (χ0v) is 16.4. The van der Waals surface area contributed by atoms with Crippen molar-refractivity contribution in [3.05, 3.63) is 44.5 Å². The lowest BCUT2D eigenvalue weighted by atomic mass is 9.73. The van der Waals surface area contributed by atoms with Gasteiger partial charge in [0, 0.05) is 0 Å². The Labute approximate surface area is 155 Å². The molecule has 0 fully saturated rings. The Hall–Kier alpha value is -2.08. The maximum atomic E-state index is 12.9. The molecular formula is C19H21BrO5. The predicted molar refractivity (Wildman–Crippen MR) is 98.1 cm³/mol. The van der Waals surface area contributed by atoms with E-state index in [0.29, 0.717) is 11.1 Å². The van der Waals surface area contributed by atoms with Crippen molar-refractivity contribution >= 4 is 27.9 Å². The van der Waals surface area contributed by atoms with Gasteiger partial charge in [0.25, 0.3) is 0 Å². The molecule has 0 saturated heterocycles. The standard InChI is InChI=1S/C19H21BrO5/c1-9-7-6-8-10(2)19(9,5)18(24)25-16-12(4)11(3)13(17(22)23)15(21)14(16)20/h7-8,21H,6H2,1-5H3,(H,22,23). The van der Waals surface area contributed by atoms with E-state index in [1.54, 1.807) is 20.8 Å². The first kappa shape index (κ1) is 19.2. The highest BCUT2D eigenvalue weighted by atomic mass is 79.9. The number of hydrogen-bond donors (Lipinski definition) is 2. The number of esters is 1. The van der Waals surface area contributed by atoms with Gasteiger partial charge in [0.1, 0.15) is 21.2 Å². The van der Waals surface area contributed by atoms with Crippen molar-refractivity contribution in [1.82, 2.24) is 0 Å². The van der Waals surface area contributed by atoms with Gasteiger partial charge in [-0.25, -0.2) is 4.79 Å². The van der Waals surface area contributed by atoms with Gasteiger partial charge >= 0.3 is 11.9 Å². The third-order valence-electron chi connectivity index (χ3n) is 5.16. The van der Waals surface area contributed by atoms with E-state index in [1.807, 2.05) is 26.0 Å². The molecule has 2 rings (SSSR count). The molecule has 5 nitrogen and oxygen atoms in total. The lowest BCUT2D eigenvalue weighted by Gasteiger charge is -2.32. The van der Waals surface area contributed by atoms with E-state index < -0.39 is 23.1 Å². The summed E-state index contributed by atoms with van der Waals surface area (Å²) in [5, 5.41) is 19.5.